The summed E-state index contributed by atoms with van der Waals surface area (Å²) in [6.07, 6.45) is 3.43. The fraction of sp³-hybridized carbons (Fsp3) is 0.917. The van der Waals surface area contributed by atoms with Crippen LogP contribution in [-0.4, -0.2) is 43.7 Å². The minimum Gasteiger partial charge on any atom is -0.382 e. The van der Waals surface area contributed by atoms with Gasteiger partial charge in [0.15, 0.2) is 0 Å². The number of aliphatic imine (C=N–C) groups is 1. The Kier molecular flexibility index (Phi) is 6.96. The zero-order valence-electron chi connectivity index (χ0n) is 11.1. The van der Waals surface area contributed by atoms with Crippen molar-refractivity contribution < 1.29 is 4.74 Å². The Hall–Kier alpha value is -0.810. The van der Waals surface area contributed by atoms with Gasteiger partial charge in [0, 0.05) is 32.8 Å². The standard InChI is InChI=1S/C12H26N4O/c1-3-11-6-8-16(10-11)12(15-13)14-7-5-9-17-4-2/h11H,3-10,13H2,1-2H3,(H,14,15). The van der Waals surface area contributed by atoms with Gasteiger partial charge in [-0.2, -0.15) is 0 Å². The van der Waals surface area contributed by atoms with Crippen LogP contribution in [0.3, 0.4) is 0 Å². The second-order valence-corrected chi connectivity index (χ2v) is 4.41. The molecular formula is C12H26N4O. The average molecular weight is 242 g/mol. The van der Waals surface area contributed by atoms with Crippen molar-refractivity contribution in [3.05, 3.63) is 0 Å². The summed E-state index contributed by atoms with van der Waals surface area (Å²) >= 11 is 0. The molecule has 0 saturated carbocycles. The van der Waals surface area contributed by atoms with Crippen LogP contribution in [0.15, 0.2) is 4.99 Å². The van der Waals surface area contributed by atoms with Gasteiger partial charge in [0.1, 0.15) is 0 Å². The summed E-state index contributed by atoms with van der Waals surface area (Å²) in [6.45, 7) is 8.70. The summed E-state index contributed by atoms with van der Waals surface area (Å²) in [5.41, 5.74) is 2.71. The number of likely N-dealkylation sites (tertiary alicyclic amines) is 1. The van der Waals surface area contributed by atoms with E-state index < -0.39 is 0 Å². The lowest BCUT2D eigenvalue weighted by molar-refractivity contribution is 0.146. The first-order valence-corrected chi connectivity index (χ1v) is 6.65. The number of nitrogens with zero attached hydrogens (tertiary/aromatic N) is 2. The molecule has 0 radical (unpaired) electrons. The van der Waals surface area contributed by atoms with E-state index in [2.05, 4.69) is 22.2 Å². The van der Waals surface area contributed by atoms with Gasteiger partial charge in [0.25, 0.3) is 0 Å². The van der Waals surface area contributed by atoms with Crippen LogP contribution in [0.2, 0.25) is 0 Å². The predicted octanol–water partition coefficient (Wildman–Crippen LogP) is 0.964. The van der Waals surface area contributed by atoms with Gasteiger partial charge in [-0.05, 0) is 25.7 Å². The van der Waals surface area contributed by atoms with Crippen molar-refractivity contribution in [3.8, 4) is 0 Å². The van der Waals surface area contributed by atoms with E-state index in [1.165, 1.54) is 12.8 Å². The molecule has 0 bridgehead atoms. The van der Waals surface area contributed by atoms with E-state index in [4.69, 9.17) is 10.6 Å². The fourth-order valence-electron chi connectivity index (χ4n) is 2.09. The summed E-state index contributed by atoms with van der Waals surface area (Å²) in [6, 6.07) is 0. The molecule has 17 heavy (non-hydrogen) atoms. The monoisotopic (exact) mass is 242 g/mol. The summed E-state index contributed by atoms with van der Waals surface area (Å²) < 4.78 is 5.27. The first-order valence-electron chi connectivity index (χ1n) is 6.65. The number of guanidine groups is 1. The minimum atomic E-state index is 0.771. The normalized spacial score (nSPS) is 21.0. The third-order valence-corrected chi connectivity index (χ3v) is 3.20. The van der Waals surface area contributed by atoms with Crippen LogP contribution in [0, 0.1) is 5.92 Å². The first-order chi connectivity index (χ1) is 8.31. The number of hydrogen-bond donors (Lipinski definition) is 2. The van der Waals surface area contributed by atoms with Gasteiger partial charge in [0.2, 0.25) is 5.96 Å². The van der Waals surface area contributed by atoms with E-state index >= 15 is 0 Å². The number of nitrogens with one attached hydrogen (secondary N) is 1. The zero-order chi connectivity index (χ0) is 12.5. The van der Waals surface area contributed by atoms with Crippen LogP contribution in [0.5, 0.6) is 0 Å². The molecule has 1 aliphatic heterocycles. The maximum absolute atomic E-state index is 5.53. The summed E-state index contributed by atoms with van der Waals surface area (Å²) in [5.74, 6) is 7.15. The highest BCUT2D eigenvalue weighted by Gasteiger charge is 2.22. The number of hydrazine groups is 1. The molecule has 0 aromatic rings. The number of nitrogens with two attached hydrogens (primary N) is 1. The maximum atomic E-state index is 5.53. The van der Waals surface area contributed by atoms with Crippen molar-refractivity contribution in [3.63, 3.8) is 0 Å². The van der Waals surface area contributed by atoms with Crippen molar-refractivity contribution in [1.82, 2.24) is 10.3 Å². The molecule has 1 fully saturated rings. The Bertz CT molecular complexity index is 233. The van der Waals surface area contributed by atoms with E-state index in [1.54, 1.807) is 0 Å². The number of rotatable bonds is 6. The van der Waals surface area contributed by atoms with Crippen LogP contribution in [0.25, 0.3) is 0 Å². The number of ether oxygens (including phenoxy) is 1. The Morgan fingerprint density at radius 3 is 2.94 bits per heavy atom. The van der Waals surface area contributed by atoms with Crippen molar-refractivity contribution in [1.29, 1.82) is 0 Å². The largest absolute Gasteiger partial charge is 0.382 e. The minimum absolute atomic E-state index is 0.771. The topological polar surface area (TPSA) is 62.9 Å². The molecule has 1 rings (SSSR count). The molecule has 0 amide bonds. The Balaban J connectivity index is 2.29. The Morgan fingerprint density at radius 1 is 1.53 bits per heavy atom. The fourth-order valence-corrected chi connectivity index (χ4v) is 2.09. The Labute approximate surface area is 104 Å². The van der Waals surface area contributed by atoms with Gasteiger partial charge in [-0.15, -0.1) is 0 Å². The highest BCUT2D eigenvalue weighted by atomic mass is 16.5. The number of hydrogen-bond acceptors (Lipinski definition) is 3. The van der Waals surface area contributed by atoms with Crippen LogP contribution in [0.4, 0.5) is 0 Å². The summed E-state index contributed by atoms with van der Waals surface area (Å²) in [4.78, 5) is 6.74. The van der Waals surface area contributed by atoms with E-state index in [-0.39, 0.29) is 0 Å². The molecule has 1 atom stereocenters. The van der Waals surface area contributed by atoms with Crippen LogP contribution in [0.1, 0.15) is 33.1 Å². The molecule has 0 aromatic heterocycles. The van der Waals surface area contributed by atoms with Crippen molar-refractivity contribution in [2.75, 3.05) is 32.8 Å². The zero-order valence-corrected chi connectivity index (χ0v) is 11.1. The van der Waals surface area contributed by atoms with Gasteiger partial charge < -0.3 is 9.64 Å². The first kappa shape index (κ1) is 14.3. The summed E-state index contributed by atoms with van der Waals surface area (Å²) in [7, 11) is 0. The van der Waals surface area contributed by atoms with E-state index in [1.807, 2.05) is 6.92 Å². The molecule has 1 saturated heterocycles. The van der Waals surface area contributed by atoms with Gasteiger partial charge in [-0.3, -0.25) is 10.4 Å². The van der Waals surface area contributed by atoms with E-state index in [0.717, 1.165) is 51.1 Å². The van der Waals surface area contributed by atoms with Crippen molar-refractivity contribution in [2.24, 2.45) is 16.8 Å². The van der Waals surface area contributed by atoms with Gasteiger partial charge in [-0.25, -0.2) is 5.84 Å². The van der Waals surface area contributed by atoms with E-state index in [9.17, 15) is 0 Å². The molecule has 0 spiro atoms. The SMILES string of the molecule is CCOCCCN=C(NN)N1CCC(CC)C1. The lowest BCUT2D eigenvalue weighted by atomic mass is 10.1. The lowest BCUT2D eigenvalue weighted by Gasteiger charge is -2.19. The molecular weight excluding hydrogens is 216 g/mol. The maximum Gasteiger partial charge on any atom is 0.208 e. The smallest absolute Gasteiger partial charge is 0.208 e. The van der Waals surface area contributed by atoms with Gasteiger partial charge in [-0.1, -0.05) is 13.3 Å². The van der Waals surface area contributed by atoms with Crippen molar-refractivity contribution >= 4 is 5.96 Å². The second-order valence-electron chi connectivity index (χ2n) is 4.41. The lowest BCUT2D eigenvalue weighted by Crippen LogP contribution is -2.43. The van der Waals surface area contributed by atoms with Crippen LogP contribution < -0.4 is 11.3 Å². The third kappa shape index (κ3) is 4.91. The molecule has 3 N–H and O–H groups in total. The summed E-state index contributed by atoms with van der Waals surface area (Å²) in [5, 5.41) is 0. The third-order valence-electron chi connectivity index (χ3n) is 3.20. The molecule has 1 heterocycles. The van der Waals surface area contributed by atoms with Crippen LogP contribution in [-0.2, 0) is 4.74 Å². The Morgan fingerprint density at radius 2 is 2.35 bits per heavy atom. The molecule has 1 unspecified atom stereocenters. The van der Waals surface area contributed by atoms with Gasteiger partial charge in [0.05, 0.1) is 0 Å². The molecule has 100 valence electrons. The van der Waals surface area contributed by atoms with Gasteiger partial charge >= 0.3 is 0 Å². The molecule has 5 heteroatoms. The quantitative estimate of drug-likeness (QED) is 0.239. The highest BCUT2D eigenvalue weighted by Crippen LogP contribution is 2.18. The van der Waals surface area contributed by atoms with Crippen molar-refractivity contribution in [2.45, 2.75) is 33.1 Å². The van der Waals surface area contributed by atoms with Crippen LogP contribution >= 0.6 is 0 Å². The molecule has 0 aromatic carbocycles. The molecule has 5 nitrogen and oxygen atoms in total. The molecule has 0 aliphatic carbocycles. The second kappa shape index (κ2) is 8.31. The predicted molar refractivity (Wildman–Crippen MR) is 70.7 cm³/mol. The average Bonchev–Trinajstić information content (AvgIpc) is 2.82. The molecule has 1 aliphatic rings. The van der Waals surface area contributed by atoms with E-state index in [0.29, 0.717) is 0 Å². The highest BCUT2D eigenvalue weighted by molar-refractivity contribution is 5.79.